The summed E-state index contributed by atoms with van der Waals surface area (Å²) in [7, 11) is 0. The maximum atomic E-state index is 4.55. The van der Waals surface area contributed by atoms with E-state index in [9.17, 15) is 0 Å². The number of pyridine rings is 2. The lowest BCUT2D eigenvalue weighted by Crippen LogP contribution is -2.40. The van der Waals surface area contributed by atoms with Crippen LogP contribution in [0.5, 0.6) is 0 Å². The molecule has 0 aromatic carbocycles. The number of nitrogens with zero attached hydrogens (tertiary/aromatic N) is 3. The Morgan fingerprint density at radius 1 is 1.26 bits per heavy atom. The summed E-state index contributed by atoms with van der Waals surface area (Å²) in [6.07, 6.45) is 3.72. The van der Waals surface area contributed by atoms with Gasteiger partial charge in [-0.15, -0.1) is 0 Å². The molecule has 1 saturated heterocycles. The Kier molecular flexibility index (Phi) is 3.67. The van der Waals surface area contributed by atoms with Gasteiger partial charge in [0.15, 0.2) is 0 Å². The molecule has 0 N–H and O–H groups in total. The monoisotopic (exact) mass is 337 g/mol. The maximum Gasteiger partial charge on any atom is 0.112 e. The topological polar surface area (TPSA) is 29.0 Å². The molecule has 0 bridgehead atoms. The van der Waals surface area contributed by atoms with Crippen LogP contribution in [0.3, 0.4) is 0 Å². The highest BCUT2D eigenvalue weighted by Crippen LogP contribution is 2.31. The molecule has 2 aromatic heterocycles. The Morgan fingerprint density at radius 2 is 2.00 bits per heavy atom. The first-order valence-electron chi connectivity index (χ1n) is 6.44. The molecule has 19 heavy (non-hydrogen) atoms. The average Bonchev–Trinajstić information content (AvgIpc) is 2.36. The van der Waals surface area contributed by atoms with Crippen LogP contribution in [0.4, 0.5) is 5.69 Å². The first kappa shape index (κ1) is 13.2. The molecule has 0 saturated carbocycles. The predicted octanol–water partition coefficient (Wildman–Crippen LogP) is 3.72. The van der Waals surface area contributed by atoms with Crippen LogP contribution >= 0.6 is 27.7 Å². The number of hydrogen-bond donors (Lipinski definition) is 0. The van der Waals surface area contributed by atoms with Gasteiger partial charge in [0.1, 0.15) is 5.52 Å². The molecule has 2 atom stereocenters. The van der Waals surface area contributed by atoms with Crippen molar-refractivity contribution in [2.75, 3.05) is 18.0 Å². The third-order valence-electron chi connectivity index (χ3n) is 3.28. The van der Waals surface area contributed by atoms with Gasteiger partial charge in [0.25, 0.3) is 0 Å². The second-order valence-corrected chi connectivity index (χ2v) is 7.81. The van der Waals surface area contributed by atoms with Crippen molar-refractivity contribution in [1.82, 2.24) is 9.97 Å². The van der Waals surface area contributed by atoms with E-state index in [-0.39, 0.29) is 0 Å². The molecule has 3 rings (SSSR count). The molecular weight excluding hydrogens is 322 g/mol. The smallest absolute Gasteiger partial charge is 0.112 e. The van der Waals surface area contributed by atoms with E-state index in [0.717, 1.165) is 28.6 Å². The molecule has 100 valence electrons. The quantitative estimate of drug-likeness (QED) is 0.792. The Morgan fingerprint density at radius 3 is 2.74 bits per heavy atom. The van der Waals surface area contributed by atoms with Gasteiger partial charge in [0.05, 0.1) is 11.2 Å². The van der Waals surface area contributed by atoms with Gasteiger partial charge >= 0.3 is 0 Å². The van der Waals surface area contributed by atoms with Crippen molar-refractivity contribution in [1.29, 1.82) is 0 Å². The van der Waals surface area contributed by atoms with Crippen LogP contribution in [-0.2, 0) is 0 Å². The summed E-state index contributed by atoms with van der Waals surface area (Å²) < 4.78 is 0.973. The summed E-state index contributed by atoms with van der Waals surface area (Å²) in [5.74, 6) is 0. The van der Waals surface area contributed by atoms with E-state index in [1.165, 1.54) is 5.69 Å². The van der Waals surface area contributed by atoms with Crippen LogP contribution in [0, 0.1) is 0 Å². The molecule has 1 aliphatic rings. The van der Waals surface area contributed by atoms with Crippen LogP contribution < -0.4 is 4.90 Å². The zero-order valence-electron chi connectivity index (χ0n) is 11.0. The van der Waals surface area contributed by atoms with E-state index in [4.69, 9.17) is 0 Å². The Bertz CT molecular complexity index is 594. The Hall–Kier alpha value is -0.810. The molecule has 2 unspecified atom stereocenters. The molecule has 2 aromatic rings. The van der Waals surface area contributed by atoms with Crippen LogP contribution in [-0.4, -0.2) is 33.6 Å². The van der Waals surface area contributed by atoms with Crippen molar-refractivity contribution >= 4 is 44.4 Å². The van der Waals surface area contributed by atoms with Gasteiger partial charge in [0.2, 0.25) is 0 Å². The number of aromatic nitrogens is 2. The second-order valence-electron chi connectivity index (χ2n) is 5.01. The number of hydrogen-bond acceptors (Lipinski definition) is 4. The molecule has 1 aliphatic heterocycles. The zero-order chi connectivity index (χ0) is 13.4. The van der Waals surface area contributed by atoms with E-state index >= 15 is 0 Å². The lowest BCUT2D eigenvalue weighted by atomic mass is 10.2. The largest absolute Gasteiger partial charge is 0.367 e. The lowest BCUT2D eigenvalue weighted by Gasteiger charge is -2.36. The third-order valence-corrected chi connectivity index (χ3v) is 4.94. The fourth-order valence-electron chi connectivity index (χ4n) is 2.62. The first-order valence-corrected chi connectivity index (χ1v) is 8.18. The van der Waals surface area contributed by atoms with Crippen LogP contribution in [0.2, 0.25) is 0 Å². The SMILES string of the molecule is CC1CN(c2ccnc3cc(Br)cnc23)CC(C)S1. The van der Waals surface area contributed by atoms with Gasteiger partial charge < -0.3 is 4.90 Å². The van der Waals surface area contributed by atoms with Gasteiger partial charge in [-0.05, 0) is 28.1 Å². The molecular formula is C14H16BrN3S. The number of anilines is 1. The summed E-state index contributed by atoms with van der Waals surface area (Å²) in [4.78, 5) is 11.4. The van der Waals surface area contributed by atoms with Crippen molar-refractivity contribution in [3.8, 4) is 0 Å². The van der Waals surface area contributed by atoms with Crippen molar-refractivity contribution < 1.29 is 0 Å². The number of halogens is 1. The highest BCUT2D eigenvalue weighted by molar-refractivity contribution is 9.10. The van der Waals surface area contributed by atoms with Crippen LogP contribution in [0.1, 0.15) is 13.8 Å². The molecule has 0 radical (unpaired) electrons. The zero-order valence-corrected chi connectivity index (χ0v) is 13.4. The van der Waals surface area contributed by atoms with Crippen LogP contribution in [0.15, 0.2) is 29.0 Å². The van der Waals surface area contributed by atoms with E-state index in [1.807, 2.05) is 18.5 Å². The molecule has 0 aliphatic carbocycles. The van der Waals surface area contributed by atoms with E-state index < -0.39 is 0 Å². The molecule has 0 amide bonds. The summed E-state index contributed by atoms with van der Waals surface area (Å²) >= 11 is 5.51. The van der Waals surface area contributed by atoms with E-state index in [1.54, 1.807) is 0 Å². The maximum absolute atomic E-state index is 4.55. The lowest BCUT2D eigenvalue weighted by molar-refractivity contribution is 0.729. The Labute approximate surface area is 125 Å². The fraction of sp³-hybridized carbons (Fsp3) is 0.429. The third kappa shape index (κ3) is 2.72. The van der Waals surface area contributed by atoms with Gasteiger partial charge in [-0.2, -0.15) is 11.8 Å². The summed E-state index contributed by atoms with van der Waals surface area (Å²) in [5, 5.41) is 1.31. The van der Waals surface area contributed by atoms with Crippen molar-refractivity contribution in [2.24, 2.45) is 0 Å². The molecule has 0 spiro atoms. The van der Waals surface area contributed by atoms with Crippen molar-refractivity contribution in [2.45, 2.75) is 24.3 Å². The summed E-state index contributed by atoms with van der Waals surface area (Å²) in [6, 6.07) is 4.11. The molecule has 1 fully saturated rings. The summed E-state index contributed by atoms with van der Waals surface area (Å²) in [6.45, 7) is 6.74. The number of rotatable bonds is 1. The van der Waals surface area contributed by atoms with Crippen molar-refractivity contribution in [3.63, 3.8) is 0 Å². The summed E-state index contributed by atoms with van der Waals surface area (Å²) in [5.41, 5.74) is 3.15. The van der Waals surface area contributed by atoms with Crippen molar-refractivity contribution in [3.05, 3.63) is 29.0 Å². The minimum absolute atomic E-state index is 0.655. The van der Waals surface area contributed by atoms with Crippen LogP contribution in [0.25, 0.3) is 11.0 Å². The van der Waals surface area contributed by atoms with Gasteiger partial charge in [-0.1, -0.05) is 13.8 Å². The van der Waals surface area contributed by atoms with Gasteiger partial charge in [0, 0.05) is 40.5 Å². The van der Waals surface area contributed by atoms with E-state index in [0.29, 0.717) is 10.5 Å². The second kappa shape index (κ2) is 5.29. The molecule has 3 heterocycles. The highest BCUT2D eigenvalue weighted by Gasteiger charge is 2.24. The van der Waals surface area contributed by atoms with E-state index in [2.05, 4.69) is 62.5 Å². The first-order chi connectivity index (χ1) is 9.13. The highest BCUT2D eigenvalue weighted by atomic mass is 79.9. The average molecular weight is 338 g/mol. The van der Waals surface area contributed by atoms with Gasteiger partial charge in [-0.3, -0.25) is 9.97 Å². The normalized spacial score (nSPS) is 23.8. The van der Waals surface area contributed by atoms with Gasteiger partial charge in [-0.25, -0.2) is 0 Å². The minimum atomic E-state index is 0.655. The minimum Gasteiger partial charge on any atom is -0.367 e. The predicted molar refractivity (Wildman–Crippen MR) is 86.0 cm³/mol. The molecule has 3 nitrogen and oxygen atoms in total. The standard InChI is InChI=1S/C14H16BrN3S/c1-9-7-18(8-10(2)19-9)13-3-4-16-12-5-11(15)6-17-14(12)13/h3-6,9-10H,7-8H2,1-2H3. The molecule has 5 heteroatoms. The Balaban J connectivity index is 2.04. The number of fused-ring (bicyclic) bond motifs is 1. The number of thioether (sulfide) groups is 1. The fourth-order valence-corrected chi connectivity index (χ4v) is 4.27.